The quantitative estimate of drug-likeness (QED) is 0.663. The first-order chi connectivity index (χ1) is 9.63. The molecule has 2 aromatic rings. The second-order valence-corrected chi connectivity index (χ2v) is 5.26. The molecule has 104 valence electrons. The predicted octanol–water partition coefficient (Wildman–Crippen LogP) is 4.05. The molecule has 3 nitrogen and oxygen atoms in total. The lowest BCUT2D eigenvalue weighted by Gasteiger charge is -2.10. The molecule has 0 aliphatic carbocycles. The molecule has 0 unspecified atom stereocenters. The van der Waals surface area contributed by atoms with Crippen molar-refractivity contribution in [2.24, 2.45) is 0 Å². The number of ketones is 1. The van der Waals surface area contributed by atoms with Crippen molar-refractivity contribution in [2.75, 3.05) is 12.3 Å². The second-order valence-electron chi connectivity index (χ2n) is 4.41. The van der Waals surface area contributed by atoms with Crippen molar-refractivity contribution in [1.29, 1.82) is 0 Å². The minimum Gasteiger partial charge on any atom is -0.493 e. The van der Waals surface area contributed by atoms with E-state index in [2.05, 4.69) is 15.9 Å². The largest absolute Gasteiger partial charge is 0.493 e. The normalized spacial score (nSPS) is 10.3. The maximum Gasteiger partial charge on any atom is 0.196 e. The van der Waals surface area contributed by atoms with Crippen LogP contribution in [0.2, 0.25) is 0 Å². The third-order valence-electron chi connectivity index (χ3n) is 2.86. The first kappa shape index (κ1) is 14.6. The van der Waals surface area contributed by atoms with Gasteiger partial charge in [-0.05, 0) is 52.7 Å². The van der Waals surface area contributed by atoms with E-state index in [-0.39, 0.29) is 5.78 Å². The van der Waals surface area contributed by atoms with E-state index in [9.17, 15) is 4.79 Å². The number of halogens is 1. The highest BCUT2D eigenvalue weighted by molar-refractivity contribution is 9.10. The summed E-state index contributed by atoms with van der Waals surface area (Å²) in [6.07, 6.45) is 0.899. The Hall–Kier alpha value is -1.81. The lowest BCUT2D eigenvalue weighted by molar-refractivity contribution is 0.103. The van der Waals surface area contributed by atoms with E-state index in [1.807, 2.05) is 25.1 Å². The van der Waals surface area contributed by atoms with E-state index in [1.54, 1.807) is 24.3 Å². The summed E-state index contributed by atoms with van der Waals surface area (Å²) in [5.74, 6) is 0.546. The summed E-state index contributed by atoms with van der Waals surface area (Å²) < 4.78 is 6.34. The van der Waals surface area contributed by atoms with Crippen molar-refractivity contribution in [3.8, 4) is 5.75 Å². The number of rotatable bonds is 5. The Morgan fingerprint density at radius 2 is 2.00 bits per heavy atom. The van der Waals surface area contributed by atoms with Gasteiger partial charge in [0.15, 0.2) is 5.78 Å². The van der Waals surface area contributed by atoms with Gasteiger partial charge in [-0.3, -0.25) is 4.79 Å². The van der Waals surface area contributed by atoms with Gasteiger partial charge >= 0.3 is 0 Å². The summed E-state index contributed by atoms with van der Waals surface area (Å²) in [6.45, 7) is 2.62. The van der Waals surface area contributed by atoms with Crippen molar-refractivity contribution in [1.82, 2.24) is 0 Å². The van der Waals surface area contributed by atoms with Gasteiger partial charge in [-0.25, -0.2) is 0 Å². The molecule has 0 aromatic heterocycles. The number of anilines is 1. The molecule has 2 rings (SSSR count). The lowest BCUT2D eigenvalue weighted by atomic mass is 10.0. The number of nitrogen functional groups attached to an aromatic ring is 1. The average Bonchev–Trinajstić information content (AvgIpc) is 2.47. The molecule has 0 fully saturated rings. The summed E-state index contributed by atoms with van der Waals surface area (Å²) in [6, 6.07) is 12.5. The topological polar surface area (TPSA) is 52.3 Å². The summed E-state index contributed by atoms with van der Waals surface area (Å²) in [5, 5.41) is 0. The molecule has 0 radical (unpaired) electrons. The van der Waals surface area contributed by atoms with Crippen molar-refractivity contribution in [3.05, 3.63) is 58.1 Å². The maximum atomic E-state index is 12.6. The molecule has 20 heavy (non-hydrogen) atoms. The van der Waals surface area contributed by atoms with Crippen LogP contribution in [0.3, 0.4) is 0 Å². The van der Waals surface area contributed by atoms with Gasteiger partial charge in [0.2, 0.25) is 0 Å². The molecule has 4 heteroatoms. The summed E-state index contributed by atoms with van der Waals surface area (Å²) in [5.41, 5.74) is 7.50. The number of ether oxygens (including phenoxy) is 1. The van der Waals surface area contributed by atoms with E-state index in [0.717, 1.165) is 10.9 Å². The third-order valence-corrected chi connectivity index (χ3v) is 3.54. The van der Waals surface area contributed by atoms with Gasteiger partial charge in [-0.1, -0.05) is 19.1 Å². The zero-order valence-electron chi connectivity index (χ0n) is 11.2. The molecule has 0 heterocycles. The van der Waals surface area contributed by atoms with Gasteiger partial charge < -0.3 is 10.5 Å². The van der Waals surface area contributed by atoms with Crippen LogP contribution in [0, 0.1) is 0 Å². The standard InChI is InChI=1S/C16H16BrNO2/c1-2-9-20-15-6-4-3-5-12(15)16(19)11-7-8-14(18)13(17)10-11/h3-8,10H,2,9,18H2,1H3. The Balaban J connectivity index is 2.35. The van der Waals surface area contributed by atoms with E-state index in [1.165, 1.54) is 0 Å². The fraction of sp³-hybridized carbons (Fsp3) is 0.188. The Labute approximate surface area is 126 Å². The average molecular weight is 334 g/mol. The highest BCUT2D eigenvalue weighted by atomic mass is 79.9. The number of para-hydroxylation sites is 1. The first-order valence-electron chi connectivity index (χ1n) is 6.45. The van der Waals surface area contributed by atoms with Crippen LogP contribution in [0.4, 0.5) is 5.69 Å². The smallest absolute Gasteiger partial charge is 0.196 e. The van der Waals surface area contributed by atoms with Gasteiger partial charge in [0.05, 0.1) is 12.2 Å². The van der Waals surface area contributed by atoms with Gasteiger partial charge in [-0.15, -0.1) is 0 Å². The van der Waals surface area contributed by atoms with E-state index >= 15 is 0 Å². The van der Waals surface area contributed by atoms with E-state index < -0.39 is 0 Å². The minimum absolute atomic E-state index is 0.0718. The van der Waals surface area contributed by atoms with Gasteiger partial charge in [-0.2, -0.15) is 0 Å². The lowest BCUT2D eigenvalue weighted by Crippen LogP contribution is -2.06. The van der Waals surface area contributed by atoms with Crippen LogP contribution in [-0.2, 0) is 0 Å². The molecule has 0 bridgehead atoms. The predicted molar refractivity (Wildman–Crippen MR) is 84.2 cm³/mol. The first-order valence-corrected chi connectivity index (χ1v) is 7.24. The molecule has 2 N–H and O–H groups in total. The molecule has 0 aliphatic heterocycles. The molecule has 0 atom stereocenters. The molecule has 0 saturated heterocycles. The maximum absolute atomic E-state index is 12.6. The molecular weight excluding hydrogens is 318 g/mol. The summed E-state index contributed by atoms with van der Waals surface area (Å²) >= 11 is 3.34. The number of carbonyl (C=O) groups is 1. The van der Waals surface area contributed by atoms with Crippen molar-refractivity contribution < 1.29 is 9.53 Å². The molecule has 2 aromatic carbocycles. The third kappa shape index (κ3) is 3.20. The Morgan fingerprint density at radius 3 is 2.70 bits per heavy atom. The van der Waals surface area contributed by atoms with Crippen LogP contribution in [0.1, 0.15) is 29.3 Å². The van der Waals surface area contributed by atoms with Gasteiger partial charge in [0.1, 0.15) is 5.75 Å². The van der Waals surface area contributed by atoms with Gasteiger partial charge in [0, 0.05) is 15.7 Å². The van der Waals surface area contributed by atoms with E-state index in [0.29, 0.717) is 29.2 Å². The minimum atomic E-state index is -0.0718. The van der Waals surface area contributed by atoms with E-state index in [4.69, 9.17) is 10.5 Å². The van der Waals surface area contributed by atoms with Gasteiger partial charge in [0.25, 0.3) is 0 Å². The molecule has 0 spiro atoms. The van der Waals surface area contributed by atoms with Crippen LogP contribution in [0.5, 0.6) is 5.75 Å². The van der Waals surface area contributed by atoms with Crippen molar-refractivity contribution in [3.63, 3.8) is 0 Å². The van der Waals surface area contributed by atoms with Crippen LogP contribution < -0.4 is 10.5 Å². The molecule has 0 amide bonds. The highest BCUT2D eigenvalue weighted by Crippen LogP contribution is 2.25. The van der Waals surface area contributed by atoms with Crippen LogP contribution in [0.25, 0.3) is 0 Å². The zero-order chi connectivity index (χ0) is 14.5. The number of benzene rings is 2. The molecule has 0 aliphatic rings. The summed E-state index contributed by atoms with van der Waals surface area (Å²) in [7, 11) is 0. The Kier molecular flexibility index (Phi) is 4.79. The highest BCUT2D eigenvalue weighted by Gasteiger charge is 2.15. The fourth-order valence-corrected chi connectivity index (χ4v) is 2.19. The van der Waals surface area contributed by atoms with Crippen LogP contribution >= 0.6 is 15.9 Å². The number of nitrogens with two attached hydrogens (primary N) is 1. The van der Waals surface area contributed by atoms with Crippen LogP contribution in [-0.4, -0.2) is 12.4 Å². The SMILES string of the molecule is CCCOc1ccccc1C(=O)c1ccc(N)c(Br)c1. The number of carbonyl (C=O) groups excluding carboxylic acids is 1. The Morgan fingerprint density at radius 1 is 1.25 bits per heavy atom. The van der Waals surface area contributed by atoms with Crippen molar-refractivity contribution in [2.45, 2.75) is 13.3 Å². The monoisotopic (exact) mass is 333 g/mol. The zero-order valence-corrected chi connectivity index (χ0v) is 12.8. The summed E-state index contributed by atoms with van der Waals surface area (Å²) in [4.78, 5) is 12.6. The molecular formula is C16H16BrNO2. The molecule has 0 saturated carbocycles. The number of hydrogen-bond acceptors (Lipinski definition) is 3. The Bertz CT molecular complexity index is 626. The number of hydrogen-bond donors (Lipinski definition) is 1. The van der Waals surface area contributed by atoms with Crippen molar-refractivity contribution >= 4 is 27.4 Å². The second kappa shape index (κ2) is 6.57. The fourth-order valence-electron chi connectivity index (χ4n) is 1.82. The van der Waals surface area contributed by atoms with Crippen LogP contribution in [0.15, 0.2) is 46.9 Å².